The number of rotatable bonds is 3. The molecule has 102 valence electrons. The molecule has 1 rings (SSSR count). The van der Waals surface area contributed by atoms with Crippen LogP contribution in [0.1, 0.15) is 11.7 Å². The molecule has 1 atom stereocenters. The average Bonchev–Trinajstić information content (AvgIpc) is 2.25. The number of benzene rings is 1. The molecule has 0 fully saturated rings. The number of hydrogen-bond donors (Lipinski definition) is 5. The zero-order chi connectivity index (χ0) is 14.2. The van der Waals surface area contributed by atoms with Crippen LogP contribution >= 0.6 is 0 Å². The summed E-state index contributed by atoms with van der Waals surface area (Å²) in [4.78, 5) is 3.72. The molecule has 0 radical (unpaired) electrons. The van der Waals surface area contributed by atoms with Crippen LogP contribution in [0.15, 0.2) is 35.3 Å². The quantitative estimate of drug-likeness (QED) is 0.278. The highest BCUT2D eigenvalue weighted by Gasteiger charge is 2.04. The van der Waals surface area contributed by atoms with Crippen molar-refractivity contribution in [2.24, 2.45) is 16.5 Å². The Morgan fingerprint density at radius 2 is 1.67 bits per heavy atom. The van der Waals surface area contributed by atoms with E-state index in [1.807, 2.05) is 30.3 Å². The van der Waals surface area contributed by atoms with Crippen molar-refractivity contribution < 1.29 is 22.6 Å². The minimum Gasteiger partial charge on any atom is -0.386 e. The molecule has 1 aromatic carbocycles. The molecule has 1 aromatic rings. The molecule has 0 amide bonds. The van der Waals surface area contributed by atoms with E-state index < -0.39 is 16.5 Å². The first-order valence-electron chi connectivity index (χ1n) is 4.68. The number of hydrogen-bond acceptors (Lipinski definition) is 4. The molecular weight excluding hydrogens is 262 g/mol. The van der Waals surface area contributed by atoms with Crippen molar-refractivity contribution in [3.05, 3.63) is 35.9 Å². The summed E-state index contributed by atoms with van der Waals surface area (Å²) < 4.78 is 31.6. The van der Waals surface area contributed by atoms with Crippen LogP contribution in [0.4, 0.5) is 0 Å². The van der Waals surface area contributed by atoms with Crippen molar-refractivity contribution in [3.8, 4) is 0 Å². The molecule has 0 heterocycles. The molecule has 0 aliphatic carbocycles. The van der Waals surface area contributed by atoms with Crippen LogP contribution in [0.5, 0.6) is 0 Å². The zero-order valence-corrected chi connectivity index (χ0v) is 10.2. The Morgan fingerprint density at radius 3 is 2.06 bits per heavy atom. The second-order valence-electron chi connectivity index (χ2n) is 3.14. The number of nitrogens with two attached hydrogens (primary N) is 2. The van der Waals surface area contributed by atoms with Gasteiger partial charge in [0.15, 0.2) is 5.96 Å². The van der Waals surface area contributed by atoms with Gasteiger partial charge in [0.2, 0.25) is 0 Å². The Morgan fingerprint density at radius 1 is 1.22 bits per heavy atom. The Balaban J connectivity index is 0.000000494. The van der Waals surface area contributed by atoms with Crippen molar-refractivity contribution in [2.75, 3.05) is 6.54 Å². The SMILES string of the molecule is NC(N)=NCC(O)c1ccccc1.O=S(=O)(O)O. The molecular formula is C9H15N3O5S. The van der Waals surface area contributed by atoms with Crippen molar-refractivity contribution >= 4 is 16.4 Å². The number of guanidine groups is 1. The number of aliphatic hydroxyl groups is 1. The third-order valence-electron chi connectivity index (χ3n) is 1.63. The molecule has 1 unspecified atom stereocenters. The van der Waals surface area contributed by atoms with Gasteiger partial charge in [-0.1, -0.05) is 30.3 Å². The molecule has 9 heteroatoms. The van der Waals surface area contributed by atoms with E-state index in [9.17, 15) is 5.11 Å². The topological polar surface area (TPSA) is 159 Å². The monoisotopic (exact) mass is 277 g/mol. The second kappa shape index (κ2) is 7.61. The van der Waals surface area contributed by atoms with Crippen molar-refractivity contribution in [1.29, 1.82) is 0 Å². The summed E-state index contributed by atoms with van der Waals surface area (Å²) in [5.74, 6) is -0.00465. The van der Waals surface area contributed by atoms with Crippen molar-refractivity contribution in [1.82, 2.24) is 0 Å². The van der Waals surface area contributed by atoms with E-state index in [1.54, 1.807) is 0 Å². The normalized spacial score (nSPS) is 11.9. The molecule has 0 bridgehead atoms. The molecule has 0 saturated carbocycles. The van der Waals surface area contributed by atoms with E-state index >= 15 is 0 Å². The lowest BCUT2D eigenvalue weighted by atomic mass is 10.1. The van der Waals surface area contributed by atoms with E-state index in [1.165, 1.54) is 0 Å². The van der Waals surface area contributed by atoms with E-state index in [2.05, 4.69) is 4.99 Å². The maximum atomic E-state index is 9.55. The fourth-order valence-electron chi connectivity index (χ4n) is 0.972. The number of aliphatic hydroxyl groups excluding tert-OH is 1. The lowest BCUT2D eigenvalue weighted by Crippen LogP contribution is -2.23. The van der Waals surface area contributed by atoms with Gasteiger partial charge in [0, 0.05) is 0 Å². The summed E-state index contributed by atoms with van der Waals surface area (Å²) in [6, 6.07) is 9.25. The van der Waals surface area contributed by atoms with Crippen LogP contribution < -0.4 is 11.5 Å². The maximum absolute atomic E-state index is 9.55. The van der Waals surface area contributed by atoms with Crippen molar-refractivity contribution in [2.45, 2.75) is 6.10 Å². The van der Waals surface area contributed by atoms with Crippen LogP contribution in [0.3, 0.4) is 0 Å². The fourth-order valence-corrected chi connectivity index (χ4v) is 0.972. The highest BCUT2D eigenvalue weighted by atomic mass is 32.3. The Kier molecular flexibility index (Phi) is 6.90. The first-order chi connectivity index (χ1) is 8.20. The highest BCUT2D eigenvalue weighted by molar-refractivity contribution is 7.79. The van der Waals surface area contributed by atoms with Gasteiger partial charge in [0.05, 0.1) is 12.6 Å². The minimum atomic E-state index is -4.67. The van der Waals surface area contributed by atoms with E-state index in [4.69, 9.17) is 29.0 Å². The smallest absolute Gasteiger partial charge is 0.386 e. The van der Waals surface area contributed by atoms with Crippen LogP contribution in [0, 0.1) is 0 Å². The van der Waals surface area contributed by atoms with Crippen LogP contribution in [-0.4, -0.2) is 35.1 Å². The van der Waals surface area contributed by atoms with E-state index in [-0.39, 0.29) is 12.5 Å². The van der Waals surface area contributed by atoms with Gasteiger partial charge >= 0.3 is 10.4 Å². The third-order valence-corrected chi connectivity index (χ3v) is 1.63. The molecule has 18 heavy (non-hydrogen) atoms. The molecule has 0 spiro atoms. The molecule has 7 N–H and O–H groups in total. The van der Waals surface area contributed by atoms with Gasteiger partial charge in [0.25, 0.3) is 0 Å². The van der Waals surface area contributed by atoms with E-state index in [0.29, 0.717) is 0 Å². The van der Waals surface area contributed by atoms with Gasteiger partial charge < -0.3 is 16.6 Å². The number of nitrogens with zero attached hydrogens (tertiary/aromatic N) is 1. The summed E-state index contributed by atoms with van der Waals surface area (Å²) in [6.07, 6.45) is -0.636. The Labute approximate surface area is 105 Å². The summed E-state index contributed by atoms with van der Waals surface area (Å²) in [5.41, 5.74) is 11.1. The Bertz CT molecular complexity index is 462. The van der Waals surface area contributed by atoms with Crippen LogP contribution in [0.25, 0.3) is 0 Å². The van der Waals surface area contributed by atoms with Crippen LogP contribution in [0.2, 0.25) is 0 Å². The standard InChI is InChI=1S/C9H13N3O.H2O4S/c10-9(11)12-6-8(13)7-4-2-1-3-5-7;1-5(2,3)4/h1-5,8,13H,6H2,(H4,10,11,12);(H2,1,2,3,4). The molecule has 0 aromatic heterocycles. The lowest BCUT2D eigenvalue weighted by Gasteiger charge is -2.07. The Hall–Kier alpha value is -1.68. The van der Waals surface area contributed by atoms with Crippen LogP contribution in [-0.2, 0) is 10.4 Å². The van der Waals surface area contributed by atoms with Gasteiger partial charge in [-0.25, -0.2) is 0 Å². The summed E-state index contributed by atoms with van der Waals surface area (Å²) in [7, 11) is -4.67. The largest absolute Gasteiger partial charge is 0.394 e. The van der Waals surface area contributed by atoms with Gasteiger partial charge in [-0.3, -0.25) is 14.1 Å². The molecule has 8 nitrogen and oxygen atoms in total. The molecule has 0 aliphatic heterocycles. The molecule has 0 aliphatic rings. The second-order valence-corrected chi connectivity index (χ2v) is 4.04. The predicted molar refractivity (Wildman–Crippen MR) is 66.3 cm³/mol. The van der Waals surface area contributed by atoms with Gasteiger partial charge in [0.1, 0.15) is 0 Å². The fraction of sp³-hybridized carbons (Fsp3) is 0.222. The zero-order valence-electron chi connectivity index (χ0n) is 9.34. The maximum Gasteiger partial charge on any atom is 0.394 e. The van der Waals surface area contributed by atoms with Gasteiger partial charge in [-0.2, -0.15) is 8.42 Å². The van der Waals surface area contributed by atoms with E-state index in [0.717, 1.165) is 5.56 Å². The summed E-state index contributed by atoms with van der Waals surface area (Å²) >= 11 is 0. The first kappa shape index (κ1) is 16.3. The third kappa shape index (κ3) is 10.8. The van der Waals surface area contributed by atoms with Gasteiger partial charge in [-0.15, -0.1) is 0 Å². The number of aliphatic imine (C=N–C) groups is 1. The van der Waals surface area contributed by atoms with Gasteiger partial charge in [-0.05, 0) is 5.56 Å². The highest BCUT2D eigenvalue weighted by Crippen LogP contribution is 2.11. The predicted octanol–water partition coefficient (Wildman–Crippen LogP) is -0.659. The average molecular weight is 277 g/mol. The molecule has 0 saturated heterocycles. The summed E-state index contributed by atoms with van der Waals surface area (Å²) in [6.45, 7) is 0.201. The van der Waals surface area contributed by atoms with Crippen molar-refractivity contribution in [3.63, 3.8) is 0 Å². The first-order valence-corrected chi connectivity index (χ1v) is 6.08. The summed E-state index contributed by atoms with van der Waals surface area (Å²) in [5, 5.41) is 9.55. The lowest BCUT2D eigenvalue weighted by molar-refractivity contribution is 0.187. The minimum absolute atomic E-state index is 0.00465.